The highest BCUT2D eigenvalue weighted by Gasteiger charge is 2.40. The van der Waals surface area contributed by atoms with Crippen molar-refractivity contribution in [3.05, 3.63) is 12.2 Å². The molecule has 0 bridgehead atoms. The molecule has 0 aromatic heterocycles. The van der Waals surface area contributed by atoms with Gasteiger partial charge in [0.05, 0.1) is 7.11 Å². The molecule has 0 saturated heterocycles. The monoisotopic (exact) mass is 312 g/mol. The third kappa shape index (κ3) is 5.59. The highest BCUT2D eigenvalue weighted by molar-refractivity contribution is 6.74. The predicted octanol–water partition coefficient (Wildman–Crippen LogP) is 4.69. The molecule has 0 heterocycles. The Morgan fingerprint density at radius 3 is 2.43 bits per heavy atom. The zero-order chi connectivity index (χ0) is 16.1. The first kappa shape index (κ1) is 18.4. The molecule has 0 aromatic carbocycles. The molecule has 0 spiro atoms. The molecule has 2 unspecified atom stereocenters. The van der Waals surface area contributed by atoms with Crippen LogP contribution in [0.1, 0.15) is 52.9 Å². The molecule has 0 amide bonds. The van der Waals surface area contributed by atoms with Crippen molar-refractivity contribution in [3.63, 3.8) is 0 Å². The topological polar surface area (TPSA) is 35.5 Å². The van der Waals surface area contributed by atoms with E-state index in [9.17, 15) is 4.79 Å². The zero-order valence-corrected chi connectivity index (χ0v) is 15.6. The molecule has 0 N–H and O–H groups in total. The number of hydrogen-bond donors (Lipinski definition) is 0. The maximum atomic E-state index is 11.2. The van der Waals surface area contributed by atoms with E-state index < -0.39 is 8.32 Å². The zero-order valence-electron chi connectivity index (χ0n) is 14.6. The van der Waals surface area contributed by atoms with Crippen molar-refractivity contribution in [3.8, 4) is 0 Å². The molecule has 3 nitrogen and oxygen atoms in total. The lowest BCUT2D eigenvalue weighted by Gasteiger charge is -2.43. The maximum Gasteiger partial charge on any atom is 0.330 e. The van der Waals surface area contributed by atoms with Crippen LogP contribution in [0.5, 0.6) is 0 Å². The first-order valence-electron chi connectivity index (χ1n) is 8.09. The van der Waals surface area contributed by atoms with Crippen molar-refractivity contribution < 1.29 is 14.0 Å². The first-order valence-corrected chi connectivity index (χ1v) is 11.0. The van der Waals surface area contributed by atoms with Gasteiger partial charge in [-0.3, -0.25) is 0 Å². The molecule has 21 heavy (non-hydrogen) atoms. The Morgan fingerprint density at radius 1 is 1.24 bits per heavy atom. The minimum atomic E-state index is -1.72. The lowest BCUT2D eigenvalue weighted by Crippen LogP contribution is -2.46. The van der Waals surface area contributed by atoms with Crippen molar-refractivity contribution in [2.24, 2.45) is 5.92 Å². The van der Waals surface area contributed by atoms with Crippen molar-refractivity contribution in [1.29, 1.82) is 0 Å². The molecular formula is C17H32O3Si. The highest BCUT2D eigenvalue weighted by Crippen LogP contribution is 2.40. The molecule has 0 aliphatic heterocycles. The quantitative estimate of drug-likeness (QED) is 0.420. The first-order chi connectivity index (χ1) is 9.67. The van der Waals surface area contributed by atoms with Gasteiger partial charge in [0.25, 0.3) is 0 Å². The van der Waals surface area contributed by atoms with E-state index in [4.69, 9.17) is 4.43 Å². The normalized spacial score (nSPS) is 24.3. The van der Waals surface area contributed by atoms with E-state index >= 15 is 0 Å². The number of hydrogen-bond acceptors (Lipinski definition) is 3. The molecule has 1 rings (SSSR count). The average Bonchev–Trinajstić information content (AvgIpc) is 2.38. The van der Waals surface area contributed by atoms with Crippen LogP contribution in [-0.2, 0) is 14.0 Å². The summed E-state index contributed by atoms with van der Waals surface area (Å²) in [5.74, 6) is 0.265. The third-order valence-electron chi connectivity index (χ3n) is 4.99. The van der Waals surface area contributed by atoms with Crippen molar-refractivity contribution in [2.45, 2.75) is 77.1 Å². The van der Waals surface area contributed by atoms with Gasteiger partial charge in [0, 0.05) is 12.2 Å². The van der Waals surface area contributed by atoms with E-state index in [0.717, 1.165) is 12.8 Å². The summed E-state index contributed by atoms with van der Waals surface area (Å²) in [5, 5.41) is 0.247. The smallest absolute Gasteiger partial charge is 0.330 e. The second-order valence-electron chi connectivity index (χ2n) is 7.62. The number of methoxy groups -OCH3 is 1. The fourth-order valence-corrected chi connectivity index (χ4v) is 3.98. The van der Waals surface area contributed by atoms with Crippen LogP contribution in [0.3, 0.4) is 0 Å². The van der Waals surface area contributed by atoms with Crippen LogP contribution in [0.4, 0.5) is 0 Å². The van der Waals surface area contributed by atoms with Gasteiger partial charge in [-0.1, -0.05) is 39.7 Å². The Labute approximate surface area is 131 Å². The highest BCUT2D eigenvalue weighted by atomic mass is 28.4. The Kier molecular flexibility index (Phi) is 6.66. The van der Waals surface area contributed by atoms with Gasteiger partial charge in [-0.15, -0.1) is 0 Å². The van der Waals surface area contributed by atoms with Crippen LogP contribution in [-0.4, -0.2) is 27.5 Å². The standard InChI is InChI=1S/C17H32O3Si/c1-17(2,3)21(5,6)20-15-12-8-7-10-14(15)11-9-13-16(18)19-4/h9,13-15H,7-8,10-12H2,1-6H3. The van der Waals surface area contributed by atoms with E-state index in [-0.39, 0.29) is 11.0 Å². The molecule has 2 atom stereocenters. The van der Waals surface area contributed by atoms with E-state index in [1.54, 1.807) is 0 Å². The summed E-state index contributed by atoms with van der Waals surface area (Å²) in [6.45, 7) is 11.5. The lowest BCUT2D eigenvalue weighted by atomic mass is 9.84. The summed E-state index contributed by atoms with van der Waals surface area (Å²) in [5.41, 5.74) is 0. The van der Waals surface area contributed by atoms with Crippen LogP contribution in [0.15, 0.2) is 12.2 Å². The van der Waals surface area contributed by atoms with Gasteiger partial charge in [0.15, 0.2) is 8.32 Å². The molecule has 122 valence electrons. The van der Waals surface area contributed by atoms with Crippen molar-refractivity contribution >= 4 is 14.3 Å². The second kappa shape index (κ2) is 7.59. The molecule has 4 heteroatoms. The maximum absolute atomic E-state index is 11.2. The second-order valence-corrected chi connectivity index (χ2v) is 12.4. The summed E-state index contributed by atoms with van der Waals surface area (Å²) in [4.78, 5) is 11.2. The summed E-state index contributed by atoms with van der Waals surface area (Å²) in [6, 6.07) is 0. The molecular weight excluding hydrogens is 280 g/mol. The minimum absolute atomic E-state index is 0.247. The minimum Gasteiger partial charge on any atom is -0.466 e. The van der Waals surface area contributed by atoms with Crippen LogP contribution >= 0.6 is 0 Å². The fraction of sp³-hybridized carbons (Fsp3) is 0.824. The molecule has 0 aromatic rings. The van der Waals surface area contributed by atoms with Crippen LogP contribution < -0.4 is 0 Å². The number of ether oxygens (including phenoxy) is 1. The van der Waals surface area contributed by atoms with Gasteiger partial charge in [-0.2, -0.15) is 0 Å². The predicted molar refractivity (Wildman–Crippen MR) is 89.8 cm³/mol. The van der Waals surface area contributed by atoms with Crippen LogP contribution in [0.25, 0.3) is 0 Å². The van der Waals surface area contributed by atoms with E-state index in [0.29, 0.717) is 12.0 Å². The molecule has 1 fully saturated rings. The molecule has 1 aliphatic rings. The van der Waals surface area contributed by atoms with E-state index in [2.05, 4.69) is 38.6 Å². The SMILES string of the molecule is COC(=O)C=CCC1CCCCC1O[Si](C)(C)C(C)(C)C. The summed E-state index contributed by atoms with van der Waals surface area (Å²) < 4.78 is 11.3. The van der Waals surface area contributed by atoms with Gasteiger partial charge < -0.3 is 9.16 Å². The molecule has 1 aliphatic carbocycles. The number of carbonyl (C=O) groups is 1. The molecule has 1 saturated carbocycles. The summed E-state index contributed by atoms with van der Waals surface area (Å²) >= 11 is 0. The average molecular weight is 313 g/mol. The number of esters is 1. The van der Waals surface area contributed by atoms with Crippen LogP contribution in [0.2, 0.25) is 18.1 Å². The number of carbonyl (C=O) groups excluding carboxylic acids is 1. The van der Waals surface area contributed by atoms with Gasteiger partial charge in [0.1, 0.15) is 0 Å². The number of rotatable bonds is 5. The van der Waals surface area contributed by atoms with Gasteiger partial charge in [0.2, 0.25) is 0 Å². The fourth-order valence-electron chi connectivity index (χ4n) is 2.56. The summed E-state index contributed by atoms with van der Waals surface area (Å²) in [6.07, 6.45) is 9.64. The lowest BCUT2D eigenvalue weighted by molar-refractivity contribution is -0.134. The van der Waals surface area contributed by atoms with E-state index in [1.165, 1.54) is 32.4 Å². The Bertz CT molecular complexity index is 369. The Morgan fingerprint density at radius 2 is 1.86 bits per heavy atom. The largest absolute Gasteiger partial charge is 0.466 e. The summed E-state index contributed by atoms with van der Waals surface area (Å²) in [7, 11) is -0.304. The Hall–Kier alpha value is -0.613. The van der Waals surface area contributed by atoms with Crippen molar-refractivity contribution in [1.82, 2.24) is 0 Å². The van der Waals surface area contributed by atoms with Gasteiger partial charge >= 0.3 is 5.97 Å². The Balaban J connectivity index is 2.65. The van der Waals surface area contributed by atoms with Gasteiger partial charge in [-0.05, 0) is 43.3 Å². The van der Waals surface area contributed by atoms with Crippen molar-refractivity contribution in [2.75, 3.05) is 7.11 Å². The molecule has 0 radical (unpaired) electrons. The third-order valence-corrected chi connectivity index (χ3v) is 9.49. The van der Waals surface area contributed by atoms with Crippen LogP contribution in [0, 0.1) is 5.92 Å². The van der Waals surface area contributed by atoms with E-state index in [1.807, 2.05) is 6.08 Å². The van der Waals surface area contributed by atoms with Gasteiger partial charge in [-0.25, -0.2) is 4.79 Å². The number of allylic oxidation sites excluding steroid dienone is 1.